The summed E-state index contributed by atoms with van der Waals surface area (Å²) in [6.07, 6.45) is 2.88. The highest BCUT2D eigenvalue weighted by Crippen LogP contribution is 2.28. The maximum atomic E-state index is 12.6. The Morgan fingerprint density at radius 3 is 2.68 bits per heavy atom. The first kappa shape index (κ1) is 14.9. The molecule has 0 aliphatic carbocycles. The number of carbonyl (C=O) groups is 2. The Kier molecular flexibility index (Phi) is 3.82. The first-order valence-corrected chi connectivity index (χ1v) is 7.49. The number of piperidine rings is 1. The Bertz CT molecular complexity index is 597. The molecule has 7 nitrogen and oxygen atoms in total. The van der Waals surface area contributed by atoms with Crippen molar-refractivity contribution in [3.8, 4) is 0 Å². The van der Waals surface area contributed by atoms with Crippen molar-refractivity contribution in [1.82, 2.24) is 20.2 Å². The van der Waals surface area contributed by atoms with Crippen molar-refractivity contribution in [2.24, 2.45) is 0 Å². The van der Waals surface area contributed by atoms with Gasteiger partial charge in [-0.2, -0.15) is 0 Å². The molecule has 0 saturated carbocycles. The lowest BCUT2D eigenvalue weighted by Gasteiger charge is -2.43. The van der Waals surface area contributed by atoms with Crippen LogP contribution in [0.25, 0.3) is 0 Å². The lowest BCUT2D eigenvalue weighted by molar-refractivity contribution is -0.149. The maximum absolute atomic E-state index is 12.6. The van der Waals surface area contributed by atoms with Gasteiger partial charge in [0.2, 0.25) is 5.91 Å². The van der Waals surface area contributed by atoms with E-state index in [1.54, 1.807) is 4.90 Å². The Morgan fingerprint density at radius 1 is 1.32 bits per heavy atom. The van der Waals surface area contributed by atoms with Crippen molar-refractivity contribution in [3.05, 3.63) is 23.3 Å². The Labute approximate surface area is 129 Å². The van der Waals surface area contributed by atoms with Crippen LogP contribution in [0.1, 0.15) is 34.6 Å². The van der Waals surface area contributed by atoms with Crippen LogP contribution in [0.15, 0.2) is 6.33 Å². The van der Waals surface area contributed by atoms with Gasteiger partial charge in [0.15, 0.2) is 0 Å². The molecule has 1 aromatic rings. The Morgan fingerprint density at radius 2 is 2.05 bits per heavy atom. The van der Waals surface area contributed by atoms with Crippen molar-refractivity contribution in [2.75, 3.05) is 26.2 Å². The zero-order chi connectivity index (χ0) is 15.7. The summed E-state index contributed by atoms with van der Waals surface area (Å²) < 4.78 is 5.72. The van der Waals surface area contributed by atoms with E-state index in [4.69, 9.17) is 4.74 Å². The number of aromatic nitrogens is 2. The normalized spacial score (nSPS) is 20.8. The van der Waals surface area contributed by atoms with Crippen LogP contribution in [0.4, 0.5) is 0 Å². The van der Waals surface area contributed by atoms with E-state index < -0.39 is 0 Å². The molecule has 0 radical (unpaired) electrons. The van der Waals surface area contributed by atoms with E-state index in [0.717, 1.165) is 24.1 Å². The molecule has 2 aliphatic heterocycles. The topological polar surface area (TPSA) is 84.4 Å². The third-order valence-electron chi connectivity index (χ3n) is 4.62. The summed E-state index contributed by atoms with van der Waals surface area (Å²) in [7, 11) is 0. The van der Waals surface area contributed by atoms with Gasteiger partial charge in [-0.3, -0.25) is 9.59 Å². The average molecular weight is 304 g/mol. The van der Waals surface area contributed by atoms with Gasteiger partial charge in [-0.1, -0.05) is 0 Å². The summed E-state index contributed by atoms with van der Waals surface area (Å²) >= 11 is 0. The maximum Gasteiger partial charge on any atom is 0.272 e. The van der Waals surface area contributed by atoms with Crippen molar-refractivity contribution < 1.29 is 14.3 Å². The second-order valence-electron chi connectivity index (χ2n) is 5.97. The van der Waals surface area contributed by atoms with Gasteiger partial charge in [0.25, 0.3) is 5.91 Å². The molecule has 2 amide bonds. The van der Waals surface area contributed by atoms with E-state index in [0.29, 0.717) is 25.3 Å². The van der Waals surface area contributed by atoms with Crippen LogP contribution in [-0.2, 0) is 9.53 Å². The van der Waals surface area contributed by atoms with Crippen LogP contribution in [-0.4, -0.2) is 58.5 Å². The molecule has 1 N–H and O–H groups in total. The van der Waals surface area contributed by atoms with E-state index in [9.17, 15) is 9.59 Å². The zero-order valence-electron chi connectivity index (χ0n) is 12.9. The largest absolute Gasteiger partial charge is 0.363 e. The quantitative estimate of drug-likeness (QED) is 0.802. The van der Waals surface area contributed by atoms with Crippen molar-refractivity contribution in [3.63, 3.8) is 0 Å². The van der Waals surface area contributed by atoms with Crippen molar-refractivity contribution >= 4 is 11.8 Å². The minimum atomic E-state index is -0.318. The number of ether oxygens (including phenoxy) is 1. The fraction of sp³-hybridized carbons (Fsp3) is 0.600. The van der Waals surface area contributed by atoms with E-state index in [1.807, 2.05) is 13.8 Å². The molecule has 3 rings (SSSR count). The molecule has 2 saturated heterocycles. The highest BCUT2D eigenvalue weighted by molar-refractivity contribution is 5.93. The molecule has 2 aliphatic rings. The third kappa shape index (κ3) is 2.68. The molecule has 1 aromatic heterocycles. The molecule has 0 bridgehead atoms. The second-order valence-corrected chi connectivity index (χ2v) is 5.97. The van der Waals surface area contributed by atoms with Crippen LogP contribution >= 0.6 is 0 Å². The summed E-state index contributed by atoms with van der Waals surface area (Å²) in [6, 6.07) is 0. The molecule has 3 heterocycles. The average Bonchev–Trinajstić information content (AvgIpc) is 2.53. The van der Waals surface area contributed by atoms with Crippen LogP contribution in [0, 0.1) is 13.8 Å². The first-order valence-electron chi connectivity index (χ1n) is 7.49. The molecule has 0 unspecified atom stereocenters. The molecule has 7 heteroatoms. The van der Waals surface area contributed by atoms with Gasteiger partial charge >= 0.3 is 0 Å². The van der Waals surface area contributed by atoms with Gasteiger partial charge in [-0.25, -0.2) is 9.97 Å². The monoisotopic (exact) mass is 304 g/mol. The highest BCUT2D eigenvalue weighted by atomic mass is 16.5. The van der Waals surface area contributed by atoms with Gasteiger partial charge < -0.3 is 15.0 Å². The molecule has 0 atom stereocenters. The summed E-state index contributed by atoms with van der Waals surface area (Å²) in [5.41, 5.74) is 1.81. The SMILES string of the molecule is Cc1ncnc(C(=O)N2CCC3(CC2)CNC(=O)CO3)c1C. The van der Waals surface area contributed by atoms with Crippen LogP contribution in [0.2, 0.25) is 0 Å². The number of amides is 2. The number of hydrogen-bond acceptors (Lipinski definition) is 5. The summed E-state index contributed by atoms with van der Waals surface area (Å²) in [4.78, 5) is 33.9. The van der Waals surface area contributed by atoms with Crippen LogP contribution < -0.4 is 5.32 Å². The van der Waals surface area contributed by atoms with Crippen LogP contribution in [0.3, 0.4) is 0 Å². The second kappa shape index (κ2) is 5.64. The minimum absolute atomic E-state index is 0.0577. The molecule has 2 fully saturated rings. The number of nitrogens with one attached hydrogen (secondary N) is 1. The van der Waals surface area contributed by atoms with Gasteiger partial charge in [0.1, 0.15) is 18.6 Å². The van der Waals surface area contributed by atoms with E-state index in [2.05, 4.69) is 15.3 Å². The predicted octanol–water partition coefficient (Wildman–Crippen LogP) is 0.215. The number of nitrogens with zero attached hydrogens (tertiary/aromatic N) is 3. The number of aryl methyl sites for hydroxylation is 1. The standard InChI is InChI=1S/C15H20N4O3/c1-10-11(2)17-9-18-13(10)14(21)19-5-3-15(4-6-19)8-16-12(20)7-22-15/h9H,3-8H2,1-2H3,(H,16,20). The summed E-state index contributed by atoms with van der Waals surface area (Å²) in [5, 5.41) is 2.85. The lowest BCUT2D eigenvalue weighted by atomic mass is 9.89. The van der Waals surface area contributed by atoms with Crippen LogP contribution in [0.5, 0.6) is 0 Å². The van der Waals surface area contributed by atoms with E-state index in [-0.39, 0.29) is 24.0 Å². The van der Waals surface area contributed by atoms with Gasteiger partial charge in [-0.15, -0.1) is 0 Å². The minimum Gasteiger partial charge on any atom is -0.363 e. The third-order valence-corrected chi connectivity index (χ3v) is 4.62. The highest BCUT2D eigenvalue weighted by Gasteiger charge is 2.40. The molecule has 1 spiro atoms. The predicted molar refractivity (Wildman–Crippen MR) is 78.3 cm³/mol. The lowest BCUT2D eigenvalue weighted by Crippen LogP contribution is -2.58. The number of rotatable bonds is 1. The Balaban J connectivity index is 1.67. The number of likely N-dealkylation sites (tertiary alicyclic amines) is 1. The first-order chi connectivity index (χ1) is 10.5. The summed E-state index contributed by atoms with van der Waals surface area (Å²) in [5.74, 6) is -0.131. The number of carbonyl (C=O) groups excluding carboxylic acids is 2. The van der Waals surface area contributed by atoms with Gasteiger partial charge in [0, 0.05) is 30.9 Å². The number of morpholine rings is 1. The van der Waals surface area contributed by atoms with E-state index in [1.165, 1.54) is 6.33 Å². The zero-order valence-corrected chi connectivity index (χ0v) is 12.9. The van der Waals surface area contributed by atoms with Crippen molar-refractivity contribution in [1.29, 1.82) is 0 Å². The molecular weight excluding hydrogens is 284 g/mol. The Hall–Kier alpha value is -2.02. The summed E-state index contributed by atoms with van der Waals surface area (Å²) in [6.45, 7) is 5.59. The van der Waals surface area contributed by atoms with E-state index >= 15 is 0 Å². The molecular formula is C15H20N4O3. The van der Waals surface area contributed by atoms with Gasteiger partial charge in [-0.05, 0) is 26.7 Å². The smallest absolute Gasteiger partial charge is 0.272 e. The molecule has 0 aromatic carbocycles. The fourth-order valence-corrected chi connectivity index (χ4v) is 2.92. The van der Waals surface area contributed by atoms with Crippen molar-refractivity contribution in [2.45, 2.75) is 32.3 Å². The number of hydrogen-bond donors (Lipinski definition) is 1. The molecule has 118 valence electrons. The van der Waals surface area contributed by atoms with Gasteiger partial charge in [0.05, 0.1) is 5.60 Å². The molecule has 22 heavy (non-hydrogen) atoms. The fourth-order valence-electron chi connectivity index (χ4n) is 2.92.